The van der Waals surface area contributed by atoms with Gasteiger partial charge in [-0.1, -0.05) is 32.0 Å². The lowest BCUT2D eigenvalue weighted by Crippen LogP contribution is -2.53. The molecule has 1 N–H and O–H groups in total. The Morgan fingerprint density at radius 1 is 1.12 bits per heavy atom. The fourth-order valence-electron chi connectivity index (χ4n) is 2.87. The predicted molar refractivity (Wildman–Crippen MR) is 97.7 cm³/mol. The van der Waals surface area contributed by atoms with Crippen LogP contribution < -0.4 is 10.1 Å². The first-order valence-electron chi connectivity index (χ1n) is 8.93. The Hall–Kier alpha value is -2.24. The molecule has 25 heavy (non-hydrogen) atoms. The van der Waals surface area contributed by atoms with Gasteiger partial charge in [-0.25, -0.2) is 4.79 Å². The largest absolute Gasteiger partial charge is 0.496 e. The number of benzene rings is 1. The molecule has 0 spiro atoms. The van der Waals surface area contributed by atoms with Crippen LogP contribution in [0.5, 0.6) is 5.75 Å². The number of amides is 3. The van der Waals surface area contributed by atoms with Crippen LogP contribution in [0.25, 0.3) is 0 Å². The average molecular weight is 347 g/mol. The average Bonchev–Trinajstić information content (AvgIpc) is 2.64. The van der Waals surface area contributed by atoms with Crippen LogP contribution >= 0.6 is 0 Å². The highest BCUT2D eigenvalue weighted by atomic mass is 16.5. The number of nitrogens with zero attached hydrogens (tertiary/aromatic N) is 2. The number of aryl methyl sites for hydroxylation is 1. The third-order valence-electron chi connectivity index (χ3n) is 4.38. The number of urea groups is 1. The first-order chi connectivity index (χ1) is 12.0. The number of carbonyl (C=O) groups excluding carboxylic acids is 2. The van der Waals surface area contributed by atoms with Crippen molar-refractivity contribution in [1.82, 2.24) is 15.1 Å². The number of para-hydroxylation sites is 1. The van der Waals surface area contributed by atoms with Gasteiger partial charge < -0.3 is 19.9 Å². The van der Waals surface area contributed by atoms with Crippen LogP contribution in [0.2, 0.25) is 0 Å². The van der Waals surface area contributed by atoms with Crippen molar-refractivity contribution in [2.45, 2.75) is 26.7 Å². The number of methoxy groups -OCH3 is 1. The highest BCUT2D eigenvalue weighted by molar-refractivity contribution is 5.78. The number of nitrogens with one attached hydrogen (secondary N) is 1. The molecule has 0 atom stereocenters. The van der Waals surface area contributed by atoms with Gasteiger partial charge in [0.25, 0.3) is 0 Å². The van der Waals surface area contributed by atoms with Crippen LogP contribution in [-0.2, 0) is 11.2 Å². The van der Waals surface area contributed by atoms with Crippen molar-refractivity contribution in [2.24, 2.45) is 5.92 Å². The van der Waals surface area contributed by atoms with Gasteiger partial charge in [0.1, 0.15) is 5.75 Å². The number of carbonyl (C=O) groups is 2. The number of rotatable bonds is 6. The molecule has 1 aliphatic rings. The van der Waals surface area contributed by atoms with Gasteiger partial charge >= 0.3 is 6.03 Å². The van der Waals surface area contributed by atoms with Gasteiger partial charge in [0.05, 0.1) is 7.11 Å². The Kier molecular flexibility index (Phi) is 7.10. The van der Waals surface area contributed by atoms with Crippen molar-refractivity contribution >= 4 is 11.9 Å². The number of ether oxygens (including phenoxy) is 1. The molecular formula is C19H29N3O3. The van der Waals surface area contributed by atoms with Crippen molar-refractivity contribution in [1.29, 1.82) is 0 Å². The summed E-state index contributed by atoms with van der Waals surface area (Å²) < 4.78 is 5.33. The SMILES string of the molecule is COc1ccccc1CCC(=O)N1CCN(C(=O)NCC(C)C)CC1. The number of hydrogen-bond acceptors (Lipinski definition) is 3. The molecule has 1 aliphatic heterocycles. The summed E-state index contributed by atoms with van der Waals surface area (Å²) >= 11 is 0. The van der Waals surface area contributed by atoms with Crippen molar-refractivity contribution < 1.29 is 14.3 Å². The highest BCUT2D eigenvalue weighted by Crippen LogP contribution is 2.19. The minimum Gasteiger partial charge on any atom is -0.496 e. The van der Waals surface area contributed by atoms with E-state index in [-0.39, 0.29) is 11.9 Å². The minimum absolute atomic E-state index is 0.0326. The molecule has 1 fully saturated rings. The summed E-state index contributed by atoms with van der Waals surface area (Å²) in [6, 6.07) is 7.75. The highest BCUT2D eigenvalue weighted by Gasteiger charge is 2.24. The summed E-state index contributed by atoms with van der Waals surface area (Å²) in [5.74, 6) is 1.39. The van der Waals surface area contributed by atoms with E-state index < -0.39 is 0 Å². The van der Waals surface area contributed by atoms with Gasteiger partial charge in [0.2, 0.25) is 5.91 Å². The van der Waals surface area contributed by atoms with Crippen molar-refractivity contribution in [2.75, 3.05) is 39.8 Å². The minimum atomic E-state index is -0.0326. The zero-order valence-electron chi connectivity index (χ0n) is 15.5. The molecule has 6 nitrogen and oxygen atoms in total. The topological polar surface area (TPSA) is 61.9 Å². The van der Waals surface area contributed by atoms with Gasteiger partial charge in [-0.3, -0.25) is 4.79 Å². The molecule has 138 valence electrons. The summed E-state index contributed by atoms with van der Waals surface area (Å²) in [7, 11) is 1.64. The standard InChI is InChI=1S/C19H29N3O3/c1-15(2)14-20-19(24)22-12-10-21(11-13-22)18(23)9-8-16-6-4-5-7-17(16)25-3/h4-7,15H,8-14H2,1-3H3,(H,20,24). The van der Waals surface area contributed by atoms with E-state index in [4.69, 9.17) is 4.74 Å². The Morgan fingerprint density at radius 2 is 1.76 bits per heavy atom. The molecule has 1 heterocycles. The van der Waals surface area contributed by atoms with E-state index >= 15 is 0 Å². The van der Waals surface area contributed by atoms with Gasteiger partial charge in [-0.15, -0.1) is 0 Å². The van der Waals surface area contributed by atoms with Gasteiger partial charge in [0, 0.05) is 39.1 Å². The number of hydrogen-bond donors (Lipinski definition) is 1. The van der Waals surface area contributed by atoms with Crippen LogP contribution in [0.3, 0.4) is 0 Å². The normalized spacial score (nSPS) is 14.6. The molecule has 2 rings (SSSR count). The van der Waals surface area contributed by atoms with Gasteiger partial charge in [-0.05, 0) is 24.0 Å². The Labute approximate surface area is 150 Å². The molecule has 0 aliphatic carbocycles. The van der Waals surface area contributed by atoms with E-state index in [0.29, 0.717) is 51.5 Å². The predicted octanol–water partition coefficient (Wildman–Crippen LogP) is 2.14. The first-order valence-corrected chi connectivity index (χ1v) is 8.93. The second-order valence-corrected chi connectivity index (χ2v) is 6.76. The van der Waals surface area contributed by atoms with Crippen LogP contribution in [0.15, 0.2) is 24.3 Å². The monoisotopic (exact) mass is 347 g/mol. The van der Waals surface area contributed by atoms with Crippen molar-refractivity contribution in [3.8, 4) is 5.75 Å². The van der Waals surface area contributed by atoms with Crippen molar-refractivity contribution in [3.05, 3.63) is 29.8 Å². The maximum Gasteiger partial charge on any atom is 0.317 e. The lowest BCUT2D eigenvalue weighted by Gasteiger charge is -2.35. The molecule has 1 aromatic rings. The summed E-state index contributed by atoms with van der Waals surface area (Å²) in [5, 5.41) is 2.92. The van der Waals surface area contributed by atoms with Crippen LogP contribution in [0, 0.1) is 5.92 Å². The van der Waals surface area contributed by atoms with E-state index in [0.717, 1.165) is 11.3 Å². The van der Waals surface area contributed by atoms with E-state index in [9.17, 15) is 9.59 Å². The fourth-order valence-corrected chi connectivity index (χ4v) is 2.87. The molecule has 0 saturated carbocycles. The summed E-state index contributed by atoms with van der Waals surface area (Å²) in [6.45, 7) is 7.18. The van der Waals surface area contributed by atoms with E-state index in [2.05, 4.69) is 19.2 Å². The molecule has 0 radical (unpaired) electrons. The van der Waals surface area contributed by atoms with E-state index in [1.807, 2.05) is 29.2 Å². The quantitative estimate of drug-likeness (QED) is 0.858. The summed E-state index contributed by atoms with van der Waals surface area (Å²) in [6.07, 6.45) is 1.12. The molecule has 3 amide bonds. The zero-order valence-corrected chi connectivity index (χ0v) is 15.5. The maximum absolute atomic E-state index is 12.4. The Bertz CT molecular complexity index is 581. The molecule has 0 unspecified atom stereocenters. The number of piperazine rings is 1. The zero-order chi connectivity index (χ0) is 18.2. The first kappa shape index (κ1) is 19.1. The second-order valence-electron chi connectivity index (χ2n) is 6.76. The molecule has 1 aromatic carbocycles. The summed E-state index contributed by atoms with van der Waals surface area (Å²) in [4.78, 5) is 28.1. The second kappa shape index (κ2) is 9.30. The van der Waals surface area contributed by atoms with Gasteiger partial charge in [0.15, 0.2) is 0 Å². The van der Waals surface area contributed by atoms with Crippen LogP contribution in [0.1, 0.15) is 25.8 Å². The van der Waals surface area contributed by atoms with Crippen LogP contribution in [-0.4, -0.2) is 61.6 Å². The fraction of sp³-hybridized carbons (Fsp3) is 0.579. The molecular weight excluding hydrogens is 318 g/mol. The molecule has 0 bridgehead atoms. The van der Waals surface area contributed by atoms with E-state index in [1.54, 1.807) is 12.0 Å². The van der Waals surface area contributed by atoms with Crippen molar-refractivity contribution in [3.63, 3.8) is 0 Å². The lowest BCUT2D eigenvalue weighted by atomic mass is 10.1. The third kappa shape index (κ3) is 5.66. The molecule has 1 saturated heterocycles. The van der Waals surface area contributed by atoms with Gasteiger partial charge in [-0.2, -0.15) is 0 Å². The van der Waals surface area contributed by atoms with Crippen LogP contribution in [0.4, 0.5) is 4.79 Å². The molecule has 0 aromatic heterocycles. The maximum atomic E-state index is 12.4. The Balaban J connectivity index is 1.76. The smallest absolute Gasteiger partial charge is 0.317 e. The third-order valence-corrected chi connectivity index (χ3v) is 4.38. The Morgan fingerprint density at radius 3 is 2.40 bits per heavy atom. The lowest BCUT2D eigenvalue weighted by molar-refractivity contribution is -0.132. The molecule has 6 heteroatoms. The summed E-state index contributed by atoms with van der Waals surface area (Å²) in [5.41, 5.74) is 1.05. The van der Waals surface area contributed by atoms with E-state index in [1.165, 1.54) is 0 Å².